The Labute approximate surface area is 216 Å². The van der Waals surface area contributed by atoms with Gasteiger partial charge in [0.15, 0.2) is 0 Å². The lowest BCUT2D eigenvalue weighted by molar-refractivity contribution is -0.122. The summed E-state index contributed by atoms with van der Waals surface area (Å²) in [5.41, 5.74) is 1.46. The van der Waals surface area contributed by atoms with Crippen LogP contribution in [0.1, 0.15) is 11.1 Å². The first-order valence-corrected chi connectivity index (χ1v) is 11.7. The molecule has 1 saturated heterocycles. The molecule has 1 aliphatic rings. The highest BCUT2D eigenvalue weighted by molar-refractivity contribution is 6.42. The third-order valence-electron chi connectivity index (χ3n) is 5.73. The minimum absolute atomic E-state index is 0.176. The highest BCUT2D eigenvalue weighted by Crippen LogP contribution is 2.31. The van der Waals surface area contributed by atoms with Gasteiger partial charge in [-0.3, -0.25) is 14.9 Å². The Morgan fingerprint density at radius 3 is 2.39 bits per heavy atom. The molecular weight excluding hydrogens is 499 g/mol. The zero-order chi connectivity index (χ0) is 25.2. The van der Waals surface area contributed by atoms with Crippen LogP contribution >= 0.6 is 23.2 Å². The van der Waals surface area contributed by atoms with E-state index >= 15 is 0 Å². The zero-order valence-corrected chi connectivity index (χ0v) is 20.2. The molecule has 36 heavy (non-hydrogen) atoms. The van der Waals surface area contributed by atoms with E-state index in [9.17, 15) is 14.4 Å². The van der Waals surface area contributed by atoms with Crippen LogP contribution in [0.4, 0.5) is 10.5 Å². The highest BCUT2D eigenvalue weighted by Gasteiger charge is 2.37. The van der Waals surface area contributed by atoms with Crippen molar-refractivity contribution in [2.45, 2.75) is 6.61 Å². The second kappa shape index (κ2) is 9.85. The van der Waals surface area contributed by atoms with Gasteiger partial charge in [-0.2, -0.15) is 0 Å². The number of fused-ring (bicyclic) bond motifs is 1. The van der Waals surface area contributed by atoms with E-state index in [0.29, 0.717) is 22.9 Å². The van der Waals surface area contributed by atoms with Gasteiger partial charge in [0.25, 0.3) is 11.8 Å². The lowest BCUT2D eigenvalue weighted by atomic mass is 10.1. The Morgan fingerprint density at radius 1 is 0.833 bits per heavy atom. The number of imide groups is 2. The summed E-state index contributed by atoms with van der Waals surface area (Å²) in [7, 11) is 0. The van der Waals surface area contributed by atoms with E-state index in [1.807, 2.05) is 42.5 Å². The molecule has 0 saturated carbocycles. The SMILES string of the molecule is O=C1NC(=O)N(c2ccccc2Cl)C(=O)/C1=C/c1ccc(OCc2cccc3ccccc23)c(Cl)c1. The highest BCUT2D eigenvalue weighted by atomic mass is 35.5. The van der Waals surface area contributed by atoms with Crippen molar-refractivity contribution in [2.24, 2.45) is 0 Å². The molecule has 0 aromatic heterocycles. The van der Waals surface area contributed by atoms with Crippen LogP contribution in [0.25, 0.3) is 16.8 Å². The van der Waals surface area contributed by atoms with E-state index in [2.05, 4.69) is 5.32 Å². The molecule has 0 spiro atoms. The van der Waals surface area contributed by atoms with Crippen molar-refractivity contribution in [3.63, 3.8) is 0 Å². The van der Waals surface area contributed by atoms with Crippen LogP contribution in [-0.2, 0) is 16.2 Å². The van der Waals surface area contributed by atoms with Crippen molar-refractivity contribution < 1.29 is 19.1 Å². The number of nitrogens with one attached hydrogen (secondary N) is 1. The number of anilines is 1. The maximum Gasteiger partial charge on any atom is 0.335 e. The van der Waals surface area contributed by atoms with Gasteiger partial charge in [0, 0.05) is 0 Å². The summed E-state index contributed by atoms with van der Waals surface area (Å²) < 4.78 is 5.95. The van der Waals surface area contributed by atoms with Crippen molar-refractivity contribution in [1.82, 2.24) is 5.32 Å². The molecule has 5 rings (SSSR count). The molecule has 1 heterocycles. The molecule has 1 fully saturated rings. The molecule has 4 amide bonds. The average Bonchev–Trinajstić information content (AvgIpc) is 2.87. The van der Waals surface area contributed by atoms with E-state index in [4.69, 9.17) is 27.9 Å². The third-order valence-corrected chi connectivity index (χ3v) is 6.34. The summed E-state index contributed by atoms with van der Waals surface area (Å²) in [4.78, 5) is 38.8. The van der Waals surface area contributed by atoms with Gasteiger partial charge in [0.2, 0.25) is 0 Å². The molecule has 0 radical (unpaired) electrons. The van der Waals surface area contributed by atoms with Crippen LogP contribution < -0.4 is 15.0 Å². The minimum atomic E-state index is -0.870. The molecule has 4 aromatic carbocycles. The van der Waals surface area contributed by atoms with E-state index in [1.54, 1.807) is 36.4 Å². The second-order valence-electron chi connectivity index (χ2n) is 8.03. The number of carbonyl (C=O) groups is 3. The first-order valence-electron chi connectivity index (χ1n) is 11.0. The second-order valence-corrected chi connectivity index (χ2v) is 8.84. The molecule has 0 aliphatic carbocycles. The predicted molar refractivity (Wildman–Crippen MR) is 140 cm³/mol. The van der Waals surface area contributed by atoms with Gasteiger partial charge < -0.3 is 4.74 Å². The fourth-order valence-corrected chi connectivity index (χ4v) is 4.44. The molecule has 4 aromatic rings. The normalized spacial score (nSPS) is 14.9. The maximum atomic E-state index is 13.1. The predicted octanol–water partition coefficient (Wildman–Crippen LogP) is 6.39. The molecular formula is C28H18Cl2N2O4. The smallest absolute Gasteiger partial charge is 0.335 e. The van der Waals surface area contributed by atoms with Crippen LogP contribution in [0.5, 0.6) is 5.75 Å². The lowest BCUT2D eigenvalue weighted by Crippen LogP contribution is -2.54. The number of carbonyl (C=O) groups excluding carboxylic acids is 3. The van der Waals surface area contributed by atoms with E-state index < -0.39 is 17.8 Å². The number of ether oxygens (including phenoxy) is 1. The minimum Gasteiger partial charge on any atom is -0.487 e. The number of hydrogen-bond donors (Lipinski definition) is 1. The lowest BCUT2D eigenvalue weighted by Gasteiger charge is -2.27. The number of urea groups is 1. The van der Waals surface area contributed by atoms with E-state index in [0.717, 1.165) is 21.2 Å². The van der Waals surface area contributed by atoms with Crippen LogP contribution in [0.15, 0.2) is 90.5 Å². The fraction of sp³-hybridized carbons (Fsp3) is 0.0357. The topological polar surface area (TPSA) is 75.7 Å². The Bertz CT molecular complexity index is 1560. The number of amides is 4. The Kier molecular flexibility index (Phi) is 6.46. The maximum absolute atomic E-state index is 13.1. The average molecular weight is 517 g/mol. The van der Waals surface area contributed by atoms with Gasteiger partial charge in [-0.25, -0.2) is 9.69 Å². The molecule has 0 bridgehead atoms. The van der Waals surface area contributed by atoms with Crippen LogP contribution in [0.2, 0.25) is 10.0 Å². The van der Waals surface area contributed by atoms with Gasteiger partial charge in [0.1, 0.15) is 17.9 Å². The van der Waals surface area contributed by atoms with Crippen LogP contribution in [-0.4, -0.2) is 17.8 Å². The molecule has 178 valence electrons. The Hall–Kier alpha value is -4.13. The van der Waals surface area contributed by atoms with Gasteiger partial charge in [-0.15, -0.1) is 0 Å². The van der Waals surface area contributed by atoms with Gasteiger partial charge in [-0.05, 0) is 52.2 Å². The van der Waals surface area contributed by atoms with Crippen LogP contribution in [0, 0.1) is 0 Å². The number of barbiturate groups is 1. The van der Waals surface area contributed by atoms with Crippen molar-refractivity contribution in [1.29, 1.82) is 0 Å². The summed E-state index contributed by atoms with van der Waals surface area (Å²) >= 11 is 12.6. The van der Waals surface area contributed by atoms with Gasteiger partial charge >= 0.3 is 6.03 Å². The molecule has 1 aliphatic heterocycles. The number of para-hydroxylation sites is 1. The summed E-state index contributed by atoms with van der Waals surface area (Å²) in [6.45, 7) is 0.317. The van der Waals surface area contributed by atoms with Crippen molar-refractivity contribution >= 4 is 63.6 Å². The van der Waals surface area contributed by atoms with Crippen molar-refractivity contribution in [3.8, 4) is 5.75 Å². The quantitative estimate of drug-likeness (QED) is 0.246. The summed E-state index contributed by atoms with van der Waals surface area (Å²) in [6.07, 6.45) is 1.37. The van der Waals surface area contributed by atoms with E-state index in [-0.39, 0.29) is 16.3 Å². The fourth-order valence-electron chi connectivity index (χ4n) is 3.97. The Morgan fingerprint density at radius 2 is 1.58 bits per heavy atom. The summed E-state index contributed by atoms with van der Waals surface area (Å²) in [6, 6.07) is 24.5. The van der Waals surface area contributed by atoms with Crippen molar-refractivity contribution in [3.05, 3.63) is 112 Å². The first kappa shape index (κ1) is 23.6. The number of halogens is 2. The largest absolute Gasteiger partial charge is 0.487 e. The van der Waals surface area contributed by atoms with Crippen LogP contribution in [0.3, 0.4) is 0 Å². The molecule has 0 atom stereocenters. The van der Waals surface area contributed by atoms with Gasteiger partial charge in [0.05, 0.1) is 15.7 Å². The number of benzene rings is 4. The van der Waals surface area contributed by atoms with Gasteiger partial charge in [-0.1, -0.05) is 83.9 Å². The third kappa shape index (κ3) is 4.56. The van der Waals surface area contributed by atoms with E-state index in [1.165, 1.54) is 12.1 Å². The summed E-state index contributed by atoms with van der Waals surface area (Å²) in [5.74, 6) is -1.14. The molecule has 0 unspecified atom stereocenters. The molecule has 8 heteroatoms. The standard InChI is InChI=1S/C28H18Cl2N2O4/c29-22-10-3-4-11-24(22)32-27(34)21(26(33)31-28(32)35)14-17-12-13-25(23(30)15-17)36-16-19-8-5-7-18-6-1-2-9-20(18)19/h1-15H,16H2,(H,31,33,35)/b21-14+. The zero-order valence-electron chi connectivity index (χ0n) is 18.7. The Balaban J connectivity index is 1.39. The first-order chi connectivity index (χ1) is 17.4. The summed E-state index contributed by atoms with van der Waals surface area (Å²) in [5, 5.41) is 4.90. The number of nitrogens with zero attached hydrogens (tertiary/aromatic N) is 1. The van der Waals surface area contributed by atoms with Crippen molar-refractivity contribution in [2.75, 3.05) is 4.90 Å². The number of rotatable bonds is 5. The monoisotopic (exact) mass is 516 g/mol. The number of hydrogen-bond acceptors (Lipinski definition) is 4. The molecule has 6 nitrogen and oxygen atoms in total. The molecule has 1 N–H and O–H groups in total.